The minimum Gasteiger partial charge on any atom is -0.345 e. The highest BCUT2D eigenvalue weighted by molar-refractivity contribution is 5.75. The molecule has 1 N–H and O–H groups in total. The number of H-pyrrole nitrogens is 1. The van der Waals surface area contributed by atoms with Gasteiger partial charge < -0.3 is 9.88 Å². The Kier molecular flexibility index (Phi) is 4.16. The Bertz CT molecular complexity index is 1000. The third-order valence-electron chi connectivity index (χ3n) is 6.83. The van der Waals surface area contributed by atoms with E-state index in [4.69, 9.17) is 4.98 Å². The van der Waals surface area contributed by atoms with Gasteiger partial charge in [-0.3, -0.25) is 14.1 Å². The predicted octanol–water partition coefficient (Wildman–Crippen LogP) is 2.99. The second kappa shape index (κ2) is 6.58. The monoisotopic (exact) mass is 380 g/mol. The summed E-state index contributed by atoms with van der Waals surface area (Å²) in [5.41, 5.74) is 3.17. The van der Waals surface area contributed by atoms with Gasteiger partial charge in [0.2, 0.25) is 6.41 Å². The third kappa shape index (κ3) is 2.71. The molecule has 5 rings (SSSR count). The van der Waals surface area contributed by atoms with Crippen molar-refractivity contribution in [3.8, 4) is 0 Å². The van der Waals surface area contributed by atoms with E-state index in [2.05, 4.69) is 39.2 Å². The molecule has 28 heavy (non-hydrogen) atoms. The van der Waals surface area contributed by atoms with E-state index in [1.807, 2.05) is 23.5 Å². The Morgan fingerprint density at radius 2 is 2.07 bits per heavy atom. The number of carbonyl (C=O) groups excluding carboxylic acids is 1. The summed E-state index contributed by atoms with van der Waals surface area (Å²) < 4.78 is 2.26. The van der Waals surface area contributed by atoms with Crippen LogP contribution in [0.15, 0.2) is 24.7 Å². The Labute approximate surface area is 164 Å². The Balaban J connectivity index is 1.59. The number of nitrogens with one attached hydrogen (secondary N) is 1. The molecule has 2 atom stereocenters. The molecule has 0 aliphatic carbocycles. The summed E-state index contributed by atoms with van der Waals surface area (Å²) in [4.78, 5) is 28.6. The largest absolute Gasteiger partial charge is 0.345 e. The van der Waals surface area contributed by atoms with Crippen molar-refractivity contribution in [2.24, 2.45) is 5.41 Å². The van der Waals surface area contributed by atoms with Crippen LogP contribution in [0, 0.1) is 5.41 Å². The summed E-state index contributed by atoms with van der Waals surface area (Å²) >= 11 is 0. The van der Waals surface area contributed by atoms with Gasteiger partial charge in [0.25, 0.3) is 0 Å². The van der Waals surface area contributed by atoms with E-state index >= 15 is 0 Å². The Morgan fingerprint density at radius 1 is 1.21 bits per heavy atom. The maximum Gasteiger partial charge on any atom is 0.209 e. The lowest BCUT2D eigenvalue weighted by atomic mass is 9.76. The van der Waals surface area contributed by atoms with Crippen LogP contribution in [0.5, 0.6) is 0 Å². The number of fused-ring (bicyclic) bond motifs is 3. The lowest BCUT2D eigenvalue weighted by Crippen LogP contribution is -2.58. The molecule has 0 aromatic carbocycles. The molecule has 0 saturated carbocycles. The Hall–Kier alpha value is -2.41. The van der Waals surface area contributed by atoms with Crippen LogP contribution < -0.4 is 0 Å². The highest BCUT2D eigenvalue weighted by atomic mass is 16.1. The smallest absolute Gasteiger partial charge is 0.209 e. The van der Waals surface area contributed by atoms with Crippen molar-refractivity contribution < 1.29 is 4.79 Å². The van der Waals surface area contributed by atoms with E-state index in [-0.39, 0.29) is 11.5 Å². The second-order valence-corrected chi connectivity index (χ2v) is 8.95. The average Bonchev–Trinajstić information content (AvgIpc) is 3.34. The number of likely N-dealkylation sites (tertiary alicyclic amines) is 2. The number of carbonyl (C=O) groups is 1. The minimum atomic E-state index is 0.174. The molecule has 1 unspecified atom stereocenters. The number of hydrogen-bond donors (Lipinski definition) is 1. The highest BCUT2D eigenvalue weighted by Gasteiger charge is 2.43. The number of amides is 1. The zero-order valence-corrected chi connectivity index (χ0v) is 16.6. The molecule has 2 aliphatic rings. The summed E-state index contributed by atoms with van der Waals surface area (Å²) in [7, 11) is 0. The molecule has 5 heterocycles. The number of imidazole rings is 1. The lowest BCUT2D eigenvalue weighted by Gasteiger charge is -2.51. The van der Waals surface area contributed by atoms with Crippen LogP contribution in [0.2, 0.25) is 0 Å². The quantitative estimate of drug-likeness (QED) is 0.709. The molecule has 7 nitrogen and oxygen atoms in total. The topological polar surface area (TPSA) is 69.5 Å². The van der Waals surface area contributed by atoms with Crippen molar-refractivity contribution in [2.75, 3.05) is 19.6 Å². The summed E-state index contributed by atoms with van der Waals surface area (Å²) in [5, 5.41) is 0. The first-order chi connectivity index (χ1) is 13.6. The van der Waals surface area contributed by atoms with Crippen LogP contribution in [-0.4, -0.2) is 61.2 Å². The SMILES string of the molecule is CC1(C)CCN(C=O)CC1N1CCCC[C@@H]1c1ncc2cnc3[nH]ccc3n12. The van der Waals surface area contributed by atoms with Crippen LogP contribution in [0.25, 0.3) is 16.7 Å². The van der Waals surface area contributed by atoms with Crippen molar-refractivity contribution in [3.63, 3.8) is 0 Å². The molecular formula is C21H28N6O. The zero-order valence-electron chi connectivity index (χ0n) is 16.6. The van der Waals surface area contributed by atoms with Crippen molar-refractivity contribution in [3.05, 3.63) is 30.5 Å². The molecule has 0 radical (unpaired) electrons. The normalized spacial score (nSPS) is 26.1. The third-order valence-corrected chi connectivity index (χ3v) is 6.83. The Morgan fingerprint density at radius 3 is 2.93 bits per heavy atom. The fraction of sp³-hybridized carbons (Fsp3) is 0.571. The molecule has 3 aromatic rings. The van der Waals surface area contributed by atoms with Crippen LogP contribution in [0.3, 0.4) is 0 Å². The van der Waals surface area contributed by atoms with E-state index in [9.17, 15) is 4.79 Å². The number of piperidine rings is 2. The van der Waals surface area contributed by atoms with E-state index in [0.717, 1.165) is 61.4 Å². The fourth-order valence-corrected chi connectivity index (χ4v) is 5.15. The van der Waals surface area contributed by atoms with Gasteiger partial charge in [0.15, 0.2) is 5.65 Å². The number of aromatic amines is 1. The van der Waals surface area contributed by atoms with Gasteiger partial charge in [0.1, 0.15) is 5.82 Å². The molecule has 3 aromatic heterocycles. The summed E-state index contributed by atoms with van der Waals surface area (Å²) in [6, 6.07) is 2.67. The predicted molar refractivity (Wildman–Crippen MR) is 108 cm³/mol. The molecule has 0 bridgehead atoms. The molecule has 7 heteroatoms. The average molecular weight is 380 g/mol. The van der Waals surface area contributed by atoms with Gasteiger partial charge in [0.05, 0.1) is 29.5 Å². The van der Waals surface area contributed by atoms with Gasteiger partial charge >= 0.3 is 0 Å². The van der Waals surface area contributed by atoms with Crippen molar-refractivity contribution in [1.82, 2.24) is 29.2 Å². The van der Waals surface area contributed by atoms with Crippen molar-refractivity contribution in [1.29, 1.82) is 0 Å². The highest BCUT2D eigenvalue weighted by Crippen LogP contribution is 2.41. The number of rotatable bonds is 3. The van der Waals surface area contributed by atoms with Crippen LogP contribution in [0.1, 0.15) is 51.4 Å². The van der Waals surface area contributed by atoms with Gasteiger partial charge in [-0.1, -0.05) is 20.3 Å². The molecule has 2 fully saturated rings. The molecule has 148 valence electrons. The number of aromatic nitrogens is 4. The fourth-order valence-electron chi connectivity index (χ4n) is 5.15. The van der Waals surface area contributed by atoms with Gasteiger partial charge in [0, 0.05) is 25.3 Å². The maximum atomic E-state index is 11.5. The van der Waals surface area contributed by atoms with Crippen LogP contribution >= 0.6 is 0 Å². The molecule has 1 amide bonds. The molecular weight excluding hydrogens is 352 g/mol. The number of hydrogen-bond acceptors (Lipinski definition) is 4. The van der Waals surface area contributed by atoms with Crippen LogP contribution in [0.4, 0.5) is 0 Å². The van der Waals surface area contributed by atoms with Gasteiger partial charge in [-0.2, -0.15) is 0 Å². The van der Waals surface area contributed by atoms with E-state index in [1.165, 1.54) is 12.8 Å². The van der Waals surface area contributed by atoms with Crippen molar-refractivity contribution >= 4 is 23.1 Å². The minimum absolute atomic E-state index is 0.174. The van der Waals surface area contributed by atoms with E-state index < -0.39 is 0 Å². The molecule has 2 aliphatic heterocycles. The summed E-state index contributed by atoms with van der Waals surface area (Å²) in [6.07, 6.45) is 11.3. The first kappa shape index (κ1) is 17.7. The van der Waals surface area contributed by atoms with Gasteiger partial charge in [-0.15, -0.1) is 0 Å². The van der Waals surface area contributed by atoms with Crippen LogP contribution in [-0.2, 0) is 4.79 Å². The molecule has 0 spiro atoms. The van der Waals surface area contributed by atoms with Gasteiger partial charge in [-0.25, -0.2) is 9.97 Å². The number of nitrogens with zero attached hydrogens (tertiary/aromatic N) is 5. The molecule has 2 saturated heterocycles. The van der Waals surface area contributed by atoms with Gasteiger partial charge in [-0.05, 0) is 37.3 Å². The first-order valence-electron chi connectivity index (χ1n) is 10.3. The van der Waals surface area contributed by atoms with Crippen molar-refractivity contribution in [2.45, 2.75) is 51.6 Å². The second-order valence-electron chi connectivity index (χ2n) is 8.95. The van der Waals surface area contributed by atoms with E-state index in [0.29, 0.717) is 6.04 Å². The summed E-state index contributed by atoms with van der Waals surface area (Å²) in [6.45, 7) is 7.42. The van der Waals surface area contributed by atoms with E-state index in [1.54, 1.807) is 0 Å². The first-order valence-corrected chi connectivity index (χ1v) is 10.3. The maximum absolute atomic E-state index is 11.5. The summed E-state index contributed by atoms with van der Waals surface area (Å²) in [5.74, 6) is 1.10. The standard InChI is InChI=1S/C21H28N6O/c1-21(2)7-10-25(14-28)13-18(21)26-9-4-3-5-17(26)20-24-12-15-11-23-19-16(27(15)20)6-8-22-19/h6,8,11-12,14,17-18,22H,3-5,7,9-10,13H2,1-2H3/t17-,18?/m1/s1. The lowest BCUT2D eigenvalue weighted by molar-refractivity contribution is -0.123. The zero-order chi connectivity index (χ0) is 19.3.